The summed E-state index contributed by atoms with van der Waals surface area (Å²) < 4.78 is 0. The molecule has 0 aromatic rings. The SMILES string of the molecule is CCSCC(CC(=O)CC)C(=O)O. The first-order valence-corrected chi connectivity index (χ1v) is 5.59. The molecule has 0 fully saturated rings. The third-order valence-corrected chi connectivity index (χ3v) is 2.79. The van der Waals surface area contributed by atoms with Crippen molar-refractivity contribution in [3.05, 3.63) is 0 Å². The lowest BCUT2D eigenvalue weighted by Crippen LogP contribution is -2.20. The average Bonchev–Trinajstić information content (AvgIpc) is 2.11. The van der Waals surface area contributed by atoms with Gasteiger partial charge in [0.25, 0.3) is 0 Å². The Morgan fingerprint density at radius 1 is 1.38 bits per heavy atom. The van der Waals surface area contributed by atoms with Gasteiger partial charge in [-0.2, -0.15) is 11.8 Å². The first kappa shape index (κ1) is 12.5. The van der Waals surface area contributed by atoms with Crippen LogP contribution in [0.2, 0.25) is 0 Å². The molecule has 0 saturated heterocycles. The van der Waals surface area contributed by atoms with Crippen LogP contribution in [0.5, 0.6) is 0 Å². The summed E-state index contributed by atoms with van der Waals surface area (Å²) in [6.07, 6.45) is 0.611. The summed E-state index contributed by atoms with van der Waals surface area (Å²) in [7, 11) is 0. The number of carbonyl (C=O) groups excluding carboxylic acids is 1. The van der Waals surface area contributed by atoms with Crippen molar-refractivity contribution in [1.82, 2.24) is 0 Å². The van der Waals surface area contributed by atoms with E-state index in [0.717, 1.165) is 5.75 Å². The number of carboxylic acid groups (broad SMARTS) is 1. The van der Waals surface area contributed by atoms with Gasteiger partial charge >= 0.3 is 5.97 Å². The molecule has 0 saturated carbocycles. The largest absolute Gasteiger partial charge is 0.481 e. The number of Topliss-reactive ketones (excluding diaryl/α,β-unsaturated/α-hetero) is 1. The quantitative estimate of drug-likeness (QED) is 0.687. The molecule has 4 heteroatoms. The van der Waals surface area contributed by atoms with Crippen LogP contribution in [0.4, 0.5) is 0 Å². The molecule has 13 heavy (non-hydrogen) atoms. The highest BCUT2D eigenvalue weighted by molar-refractivity contribution is 7.99. The number of aliphatic carboxylic acids is 1. The van der Waals surface area contributed by atoms with Crippen molar-refractivity contribution in [1.29, 1.82) is 0 Å². The van der Waals surface area contributed by atoms with Crippen molar-refractivity contribution in [2.45, 2.75) is 26.7 Å². The van der Waals surface area contributed by atoms with E-state index < -0.39 is 11.9 Å². The van der Waals surface area contributed by atoms with Gasteiger partial charge in [-0.3, -0.25) is 9.59 Å². The zero-order chi connectivity index (χ0) is 10.3. The molecule has 0 aliphatic heterocycles. The Morgan fingerprint density at radius 3 is 2.38 bits per heavy atom. The van der Waals surface area contributed by atoms with Crippen LogP contribution in [0, 0.1) is 5.92 Å². The fraction of sp³-hybridized carbons (Fsp3) is 0.778. The monoisotopic (exact) mass is 204 g/mol. The van der Waals surface area contributed by atoms with Gasteiger partial charge in [0.05, 0.1) is 5.92 Å². The highest BCUT2D eigenvalue weighted by Crippen LogP contribution is 2.13. The number of ketones is 1. The predicted molar refractivity (Wildman–Crippen MR) is 54.0 cm³/mol. The molecule has 0 heterocycles. The van der Waals surface area contributed by atoms with Gasteiger partial charge < -0.3 is 5.11 Å². The van der Waals surface area contributed by atoms with E-state index in [1.54, 1.807) is 18.7 Å². The minimum Gasteiger partial charge on any atom is -0.481 e. The highest BCUT2D eigenvalue weighted by Gasteiger charge is 2.19. The molecular formula is C9H16O3S. The molecule has 1 atom stereocenters. The average molecular weight is 204 g/mol. The Bertz CT molecular complexity index is 180. The molecule has 76 valence electrons. The maximum atomic E-state index is 11.0. The van der Waals surface area contributed by atoms with Gasteiger partial charge in [-0.05, 0) is 5.75 Å². The third-order valence-electron chi connectivity index (χ3n) is 1.74. The summed E-state index contributed by atoms with van der Waals surface area (Å²) in [6, 6.07) is 0. The molecule has 0 aliphatic carbocycles. The van der Waals surface area contributed by atoms with Gasteiger partial charge in [0.2, 0.25) is 0 Å². The highest BCUT2D eigenvalue weighted by atomic mass is 32.2. The summed E-state index contributed by atoms with van der Waals surface area (Å²) in [5, 5.41) is 8.78. The number of thioether (sulfide) groups is 1. The van der Waals surface area contributed by atoms with E-state index >= 15 is 0 Å². The Kier molecular flexibility index (Phi) is 6.68. The van der Waals surface area contributed by atoms with Crippen LogP contribution in [-0.4, -0.2) is 28.4 Å². The molecule has 1 unspecified atom stereocenters. The van der Waals surface area contributed by atoms with Gasteiger partial charge in [0.15, 0.2) is 0 Å². The minimum absolute atomic E-state index is 0.0316. The second kappa shape index (κ2) is 6.95. The summed E-state index contributed by atoms with van der Waals surface area (Å²) in [6.45, 7) is 3.74. The Labute approximate surface area is 82.9 Å². The molecule has 0 rings (SSSR count). The van der Waals surface area contributed by atoms with E-state index in [9.17, 15) is 9.59 Å². The Balaban J connectivity index is 3.94. The van der Waals surface area contributed by atoms with Crippen LogP contribution in [0.1, 0.15) is 26.7 Å². The minimum atomic E-state index is -0.859. The summed E-state index contributed by atoms with van der Waals surface area (Å²) in [5.74, 6) is 0.103. The standard InChI is InChI=1S/C9H16O3S/c1-3-8(10)5-7(9(11)12)6-13-4-2/h7H,3-6H2,1-2H3,(H,11,12). The first-order chi connectivity index (χ1) is 6.11. The number of hydrogen-bond acceptors (Lipinski definition) is 3. The molecular weight excluding hydrogens is 188 g/mol. The summed E-state index contributed by atoms with van der Waals surface area (Å²) >= 11 is 1.56. The molecule has 0 spiro atoms. The van der Waals surface area contributed by atoms with E-state index in [1.807, 2.05) is 6.92 Å². The van der Waals surface area contributed by atoms with Crippen molar-refractivity contribution >= 4 is 23.5 Å². The van der Waals surface area contributed by atoms with Gasteiger partial charge in [-0.15, -0.1) is 0 Å². The second-order valence-corrected chi connectivity index (χ2v) is 4.11. The van der Waals surface area contributed by atoms with Crippen molar-refractivity contribution in [3.8, 4) is 0 Å². The fourth-order valence-corrected chi connectivity index (χ4v) is 1.68. The smallest absolute Gasteiger partial charge is 0.307 e. The Hall–Kier alpha value is -0.510. The molecule has 0 amide bonds. The van der Waals surface area contributed by atoms with E-state index in [1.165, 1.54) is 0 Å². The van der Waals surface area contributed by atoms with Gasteiger partial charge in [0.1, 0.15) is 5.78 Å². The van der Waals surface area contributed by atoms with Crippen molar-refractivity contribution in [2.24, 2.45) is 5.92 Å². The number of carboxylic acids is 1. The van der Waals surface area contributed by atoms with Crippen LogP contribution in [0.3, 0.4) is 0 Å². The molecule has 3 nitrogen and oxygen atoms in total. The lowest BCUT2D eigenvalue weighted by atomic mass is 10.0. The van der Waals surface area contributed by atoms with Crippen LogP contribution in [0.15, 0.2) is 0 Å². The molecule has 0 aromatic carbocycles. The fourth-order valence-electron chi connectivity index (χ4n) is 0.897. The van der Waals surface area contributed by atoms with Gasteiger partial charge in [-0.25, -0.2) is 0 Å². The molecule has 0 radical (unpaired) electrons. The normalized spacial score (nSPS) is 12.5. The molecule has 0 bridgehead atoms. The Morgan fingerprint density at radius 2 is 2.00 bits per heavy atom. The number of rotatable bonds is 7. The summed E-state index contributed by atoms with van der Waals surface area (Å²) in [5.41, 5.74) is 0. The van der Waals surface area contributed by atoms with Crippen molar-refractivity contribution in [3.63, 3.8) is 0 Å². The lowest BCUT2D eigenvalue weighted by molar-refractivity contribution is -0.142. The maximum absolute atomic E-state index is 11.0. The van der Waals surface area contributed by atoms with E-state index in [2.05, 4.69) is 0 Å². The second-order valence-electron chi connectivity index (χ2n) is 2.79. The lowest BCUT2D eigenvalue weighted by Gasteiger charge is -2.09. The topological polar surface area (TPSA) is 54.4 Å². The first-order valence-electron chi connectivity index (χ1n) is 4.44. The van der Waals surface area contributed by atoms with Crippen LogP contribution >= 0.6 is 11.8 Å². The van der Waals surface area contributed by atoms with Crippen molar-refractivity contribution in [2.75, 3.05) is 11.5 Å². The molecule has 0 aliphatic rings. The van der Waals surface area contributed by atoms with Crippen molar-refractivity contribution < 1.29 is 14.7 Å². The summed E-state index contributed by atoms with van der Waals surface area (Å²) in [4.78, 5) is 21.7. The molecule has 1 N–H and O–H groups in total. The van der Waals surface area contributed by atoms with Crippen LogP contribution < -0.4 is 0 Å². The predicted octanol–water partition coefficient (Wildman–Crippen LogP) is 1.81. The number of hydrogen-bond donors (Lipinski definition) is 1. The molecule has 0 aromatic heterocycles. The zero-order valence-corrected chi connectivity index (χ0v) is 8.89. The van der Waals surface area contributed by atoms with E-state index in [0.29, 0.717) is 12.2 Å². The maximum Gasteiger partial charge on any atom is 0.307 e. The number of carbonyl (C=O) groups is 2. The van der Waals surface area contributed by atoms with Crippen LogP contribution in [-0.2, 0) is 9.59 Å². The van der Waals surface area contributed by atoms with Gasteiger partial charge in [0, 0.05) is 18.6 Å². The third kappa shape index (κ3) is 5.69. The van der Waals surface area contributed by atoms with E-state index in [4.69, 9.17) is 5.11 Å². The van der Waals surface area contributed by atoms with Gasteiger partial charge in [-0.1, -0.05) is 13.8 Å². The van der Waals surface area contributed by atoms with E-state index in [-0.39, 0.29) is 12.2 Å². The van der Waals surface area contributed by atoms with Crippen LogP contribution in [0.25, 0.3) is 0 Å². The zero-order valence-electron chi connectivity index (χ0n) is 8.08.